The minimum absolute atomic E-state index is 0.0218. The summed E-state index contributed by atoms with van der Waals surface area (Å²) in [6.07, 6.45) is -1.39. The van der Waals surface area contributed by atoms with Crippen molar-refractivity contribution in [1.29, 1.82) is 0 Å². The van der Waals surface area contributed by atoms with Crippen LogP contribution in [0.4, 0.5) is 0 Å². The number of aliphatic hydroxyl groups excluding tert-OH is 1. The Morgan fingerprint density at radius 3 is 2.33 bits per heavy atom. The third-order valence-electron chi connectivity index (χ3n) is 3.05. The lowest BCUT2D eigenvalue weighted by atomic mass is 9.93. The highest BCUT2D eigenvalue weighted by Gasteiger charge is 2.26. The van der Waals surface area contributed by atoms with Crippen LogP contribution in [0.15, 0.2) is 0 Å². The van der Waals surface area contributed by atoms with E-state index < -0.39 is 12.1 Å². The summed E-state index contributed by atoms with van der Waals surface area (Å²) in [5.41, 5.74) is 2.06. The lowest BCUT2D eigenvalue weighted by Gasteiger charge is -2.19. The Kier molecular flexibility index (Phi) is 4.59. The number of hydrogen-bond acceptors (Lipinski definition) is 4. The van der Waals surface area contributed by atoms with Gasteiger partial charge in [-0.15, -0.1) is 0 Å². The predicted octanol–water partition coefficient (Wildman–Crippen LogP) is 2.57. The molecule has 100 valence electrons. The molecule has 0 aliphatic heterocycles. The number of carbonyl (C=O) groups excluding carboxylic acids is 1. The first-order chi connectivity index (χ1) is 8.32. The zero-order valence-corrected chi connectivity index (χ0v) is 11.6. The van der Waals surface area contributed by atoms with Crippen LogP contribution >= 0.6 is 11.6 Å². The first-order valence-electron chi connectivity index (χ1n) is 5.65. The van der Waals surface area contributed by atoms with Gasteiger partial charge in [0.2, 0.25) is 0 Å². The molecule has 0 saturated carbocycles. The number of carbonyl (C=O) groups is 1. The molecule has 0 saturated heterocycles. The van der Waals surface area contributed by atoms with Crippen molar-refractivity contribution < 1.29 is 19.7 Å². The topological polar surface area (TPSA) is 66.8 Å². The summed E-state index contributed by atoms with van der Waals surface area (Å²) in [7, 11) is 0. The van der Waals surface area contributed by atoms with Gasteiger partial charge in [0.05, 0.1) is 11.6 Å². The Balaban J connectivity index is 3.37. The third-order valence-corrected chi connectivity index (χ3v) is 3.51. The number of halogens is 1. The summed E-state index contributed by atoms with van der Waals surface area (Å²) in [6, 6.07) is 0. The molecular weight excluding hydrogens is 256 g/mol. The van der Waals surface area contributed by atoms with Gasteiger partial charge in [0.25, 0.3) is 0 Å². The van der Waals surface area contributed by atoms with Crippen LogP contribution in [0, 0.1) is 20.8 Å². The highest BCUT2D eigenvalue weighted by atomic mass is 35.5. The lowest BCUT2D eigenvalue weighted by molar-refractivity contribution is -0.153. The van der Waals surface area contributed by atoms with Crippen molar-refractivity contribution in [2.45, 2.75) is 33.8 Å². The van der Waals surface area contributed by atoms with Gasteiger partial charge in [-0.25, -0.2) is 4.79 Å². The molecule has 0 aliphatic rings. The van der Waals surface area contributed by atoms with E-state index in [9.17, 15) is 15.0 Å². The number of aromatic hydroxyl groups is 1. The normalized spacial score (nSPS) is 12.3. The summed E-state index contributed by atoms with van der Waals surface area (Å²) >= 11 is 5.97. The Hall–Kier alpha value is -1.26. The summed E-state index contributed by atoms with van der Waals surface area (Å²) < 4.78 is 4.78. The smallest absolute Gasteiger partial charge is 0.339 e. The van der Waals surface area contributed by atoms with Crippen molar-refractivity contribution in [2.75, 3.05) is 6.61 Å². The second-order valence-electron chi connectivity index (χ2n) is 4.11. The average molecular weight is 273 g/mol. The molecule has 0 amide bonds. The number of esters is 1. The molecular formula is C13H17ClO4. The standard InChI is InChI=1S/C13H17ClO4/c1-5-18-13(17)12(16)9-6(2)7(3)11(15)10(14)8(9)4/h12,15-16H,5H2,1-4H3. The van der Waals surface area contributed by atoms with E-state index in [1.54, 1.807) is 27.7 Å². The van der Waals surface area contributed by atoms with E-state index in [0.717, 1.165) is 0 Å². The van der Waals surface area contributed by atoms with Gasteiger partial charge in [-0.3, -0.25) is 0 Å². The lowest BCUT2D eigenvalue weighted by Crippen LogP contribution is -2.18. The molecule has 0 aromatic heterocycles. The predicted molar refractivity (Wildman–Crippen MR) is 68.9 cm³/mol. The molecule has 5 heteroatoms. The van der Waals surface area contributed by atoms with Crippen molar-refractivity contribution in [3.8, 4) is 5.75 Å². The highest BCUT2D eigenvalue weighted by Crippen LogP contribution is 2.38. The quantitative estimate of drug-likeness (QED) is 0.830. The molecule has 2 N–H and O–H groups in total. The van der Waals surface area contributed by atoms with Crippen LogP contribution in [0.25, 0.3) is 0 Å². The number of benzene rings is 1. The fraction of sp³-hybridized carbons (Fsp3) is 0.462. The maximum absolute atomic E-state index is 11.6. The van der Waals surface area contributed by atoms with Crippen molar-refractivity contribution >= 4 is 17.6 Å². The maximum Gasteiger partial charge on any atom is 0.339 e. The number of hydrogen-bond donors (Lipinski definition) is 2. The number of phenolic OH excluding ortho intramolecular Hbond substituents is 1. The van der Waals surface area contributed by atoms with Gasteiger partial charge < -0.3 is 14.9 Å². The molecule has 0 spiro atoms. The second kappa shape index (κ2) is 5.59. The summed E-state index contributed by atoms with van der Waals surface area (Å²) in [4.78, 5) is 11.6. The van der Waals surface area contributed by atoms with Crippen LogP contribution in [-0.2, 0) is 9.53 Å². The number of ether oxygens (including phenoxy) is 1. The largest absolute Gasteiger partial charge is 0.506 e. The maximum atomic E-state index is 11.6. The average Bonchev–Trinajstić information content (AvgIpc) is 2.34. The number of rotatable bonds is 3. The van der Waals surface area contributed by atoms with Gasteiger partial charge in [0, 0.05) is 0 Å². The van der Waals surface area contributed by atoms with Gasteiger partial charge >= 0.3 is 5.97 Å². The van der Waals surface area contributed by atoms with Crippen LogP contribution < -0.4 is 0 Å². The Labute approximate surface area is 111 Å². The summed E-state index contributed by atoms with van der Waals surface area (Å²) in [5.74, 6) is -0.740. The van der Waals surface area contributed by atoms with Gasteiger partial charge in [-0.05, 0) is 49.9 Å². The molecule has 18 heavy (non-hydrogen) atoms. The van der Waals surface area contributed by atoms with Crippen LogP contribution in [0.1, 0.15) is 35.3 Å². The molecule has 4 nitrogen and oxygen atoms in total. The third kappa shape index (κ3) is 2.44. The molecule has 0 heterocycles. The fourth-order valence-electron chi connectivity index (χ4n) is 1.87. The molecule has 1 aromatic carbocycles. The Morgan fingerprint density at radius 1 is 1.28 bits per heavy atom. The van der Waals surface area contributed by atoms with Crippen molar-refractivity contribution in [3.05, 3.63) is 27.3 Å². The van der Waals surface area contributed by atoms with Crippen molar-refractivity contribution in [1.82, 2.24) is 0 Å². The molecule has 0 aliphatic carbocycles. The molecule has 1 aromatic rings. The summed E-state index contributed by atoms with van der Waals surface area (Å²) in [6.45, 7) is 6.90. The molecule has 0 bridgehead atoms. The molecule has 1 atom stereocenters. The van der Waals surface area contributed by atoms with Crippen LogP contribution in [0.2, 0.25) is 5.02 Å². The van der Waals surface area contributed by atoms with Gasteiger partial charge in [-0.1, -0.05) is 11.6 Å². The number of aliphatic hydroxyl groups is 1. The number of phenols is 1. The summed E-state index contributed by atoms with van der Waals surface area (Å²) in [5, 5.41) is 19.9. The van der Waals surface area contributed by atoms with E-state index in [-0.39, 0.29) is 17.4 Å². The minimum Gasteiger partial charge on any atom is -0.506 e. The van der Waals surface area contributed by atoms with Crippen molar-refractivity contribution in [2.24, 2.45) is 0 Å². The molecule has 0 radical (unpaired) electrons. The van der Waals surface area contributed by atoms with Crippen LogP contribution in [0.5, 0.6) is 5.75 Å². The van der Waals surface area contributed by atoms with Crippen LogP contribution in [0.3, 0.4) is 0 Å². The highest BCUT2D eigenvalue weighted by molar-refractivity contribution is 6.33. The van der Waals surface area contributed by atoms with Gasteiger partial charge in [0.15, 0.2) is 6.10 Å². The zero-order chi connectivity index (χ0) is 14.0. The molecule has 1 unspecified atom stereocenters. The van der Waals surface area contributed by atoms with Crippen molar-refractivity contribution in [3.63, 3.8) is 0 Å². The first-order valence-corrected chi connectivity index (χ1v) is 6.03. The Morgan fingerprint density at radius 2 is 1.83 bits per heavy atom. The minimum atomic E-state index is -1.39. The SMILES string of the molecule is CCOC(=O)C(O)c1c(C)c(C)c(O)c(Cl)c1C. The monoisotopic (exact) mass is 272 g/mol. The van der Waals surface area contributed by atoms with E-state index in [4.69, 9.17) is 16.3 Å². The van der Waals surface area contributed by atoms with E-state index >= 15 is 0 Å². The Bertz CT molecular complexity index is 453. The zero-order valence-electron chi connectivity index (χ0n) is 10.9. The second-order valence-corrected chi connectivity index (χ2v) is 4.48. The van der Waals surface area contributed by atoms with E-state index in [1.165, 1.54) is 0 Å². The molecule has 1 rings (SSSR count). The van der Waals surface area contributed by atoms with E-state index in [2.05, 4.69) is 0 Å². The fourth-order valence-corrected chi connectivity index (χ4v) is 2.11. The van der Waals surface area contributed by atoms with Gasteiger partial charge in [-0.2, -0.15) is 0 Å². The van der Waals surface area contributed by atoms with Crippen LogP contribution in [-0.4, -0.2) is 22.8 Å². The van der Waals surface area contributed by atoms with E-state index in [1.807, 2.05) is 0 Å². The van der Waals surface area contributed by atoms with E-state index in [0.29, 0.717) is 22.3 Å². The first kappa shape index (κ1) is 14.8. The van der Waals surface area contributed by atoms with Gasteiger partial charge in [0.1, 0.15) is 5.75 Å². The molecule has 0 fully saturated rings.